The molecule has 0 aliphatic carbocycles. The quantitative estimate of drug-likeness (QED) is 0.523. The number of piperidine rings is 1. The van der Waals surface area contributed by atoms with Crippen molar-refractivity contribution in [2.75, 3.05) is 11.4 Å². The van der Waals surface area contributed by atoms with E-state index in [-0.39, 0.29) is 17.9 Å². The van der Waals surface area contributed by atoms with Crippen molar-refractivity contribution in [1.29, 1.82) is 0 Å². The monoisotopic (exact) mass is 466 g/mol. The van der Waals surface area contributed by atoms with Crippen molar-refractivity contribution in [3.05, 3.63) is 81.9 Å². The van der Waals surface area contributed by atoms with Crippen LogP contribution < -0.4 is 15.5 Å². The van der Waals surface area contributed by atoms with E-state index in [2.05, 4.69) is 15.6 Å². The van der Waals surface area contributed by atoms with E-state index in [4.69, 9.17) is 0 Å². The van der Waals surface area contributed by atoms with Gasteiger partial charge >= 0.3 is 0 Å². The van der Waals surface area contributed by atoms with Crippen molar-refractivity contribution < 1.29 is 14.0 Å². The number of anilines is 1. The lowest BCUT2D eigenvalue weighted by Crippen LogP contribution is -2.50. The van der Waals surface area contributed by atoms with E-state index < -0.39 is 6.67 Å². The molecule has 1 atom stereocenters. The highest BCUT2D eigenvalue weighted by Crippen LogP contribution is 2.29. The van der Waals surface area contributed by atoms with Crippen molar-refractivity contribution in [2.24, 2.45) is 0 Å². The lowest BCUT2D eigenvalue weighted by molar-refractivity contribution is -0.121. The third kappa shape index (κ3) is 5.64. The van der Waals surface area contributed by atoms with Crippen molar-refractivity contribution in [1.82, 2.24) is 15.6 Å². The summed E-state index contributed by atoms with van der Waals surface area (Å²) < 4.78 is 12.7. The zero-order valence-corrected chi connectivity index (χ0v) is 19.3. The topological polar surface area (TPSA) is 74.3 Å². The minimum absolute atomic E-state index is 0.0355. The number of aromatic nitrogens is 1. The van der Waals surface area contributed by atoms with Gasteiger partial charge in [-0.2, -0.15) is 0 Å². The molecule has 0 bridgehead atoms. The first-order chi connectivity index (χ1) is 16.0. The molecule has 3 aromatic rings. The van der Waals surface area contributed by atoms with Crippen LogP contribution in [0.2, 0.25) is 0 Å². The summed E-state index contributed by atoms with van der Waals surface area (Å²) in [5.41, 5.74) is 3.28. The van der Waals surface area contributed by atoms with Gasteiger partial charge in [0.05, 0.1) is 11.7 Å². The van der Waals surface area contributed by atoms with E-state index in [0.29, 0.717) is 40.9 Å². The summed E-state index contributed by atoms with van der Waals surface area (Å²) in [6, 6.07) is 16.7. The van der Waals surface area contributed by atoms with E-state index in [1.165, 1.54) is 11.3 Å². The summed E-state index contributed by atoms with van der Waals surface area (Å²) in [6.45, 7) is 2.86. The van der Waals surface area contributed by atoms with Gasteiger partial charge in [0.2, 0.25) is 5.91 Å². The molecule has 1 saturated heterocycles. The van der Waals surface area contributed by atoms with Gasteiger partial charge in [0.15, 0.2) is 5.13 Å². The van der Waals surface area contributed by atoms with Crippen LogP contribution in [0.4, 0.5) is 9.52 Å². The molecule has 1 aliphatic heterocycles. The van der Waals surface area contributed by atoms with E-state index in [1.807, 2.05) is 42.5 Å². The maximum absolute atomic E-state index is 13.1. The SMILES string of the molecule is Cc1nc(N2CCCC(NCc3ccc(CF)cc3)C2=O)sc1C(=O)NCc1ccccc1. The number of rotatable bonds is 8. The van der Waals surface area contributed by atoms with Crippen LogP contribution in [0, 0.1) is 6.92 Å². The number of halogens is 1. The molecule has 8 heteroatoms. The second-order valence-electron chi connectivity index (χ2n) is 8.09. The third-order valence-corrected chi connectivity index (χ3v) is 6.87. The Morgan fingerprint density at radius 1 is 1.09 bits per heavy atom. The molecule has 6 nitrogen and oxygen atoms in total. The van der Waals surface area contributed by atoms with Gasteiger partial charge in [0, 0.05) is 19.6 Å². The average molecular weight is 467 g/mol. The van der Waals surface area contributed by atoms with Gasteiger partial charge in [0.1, 0.15) is 11.6 Å². The van der Waals surface area contributed by atoms with Crippen LogP contribution >= 0.6 is 11.3 Å². The molecular formula is C25H27FN4O2S. The summed E-state index contributed by atoms with van der Waals surface area (Å²) in [7, 11) is 0. The summed E-state index contributed by atoms with van der Waals surface area (Å²) in [4.78, 5) is 32.6. The molecule has 1 aromatic heterocycles. The lowest BCUT2D eigenvalue weighted by Gasteiger charge is -2.31. The van der Waals surface area contributed by atoms with E-state index in [9.17, 15) is 14.0 Å². The number of alkyl halides is 1. The van der Waals surface area contributed by atoms with Crippen molar-refractivity contribution in [3.63, 3.8) is 0 Å². The summed E-state index contributed by atoms with van der Waals surface area (Å²) in [5.74, 6) is -0.220. The summed E-state index contributed by atoms with van der Waals surface area (Å²) in [6.07, 6.45) is 1.59. The predicted molar refractivity (Wildman–Crippen MR) is 128 cm³/mol. The highest BCUT2D eigenvalue weighted by atomic mass is 32.1. The predicted octanol–water partition coefficient (Wildman–Crippen LogP) is 4.14. The first-order valence-electron chi connectivity index (χ1n) is 11.0. The molecule has 2 N–H and O–H groups in total. The third-order valence-electron chi connectivity index (χ3n) is 5.69. The van der Waals surface area contributed by atoms with Crippen LogP contribution in [0.15, 0.2) is 54.6 Å². The van der Waals surface area contributed by atoms with Crippen LogP contribution in [-0.4, -0.2) is 29.4 Å². The average Bonchev–Trinajstić information content (AvgIpc) is 3.24. The van der Waals surface area contributed by atoms with E-state index >= 15 is 0 Å². The minimum atomic E-state index is -0.483. The van der Waals surface area contributed by atoms with Gasteiger partial charge in [-0.3, -0.25) is 14.5 Å². The van der Waals surface area contributed by atoms with Crippen LogP contribution in [-0.2, 0) is 24.6 Å². The molecule has 1 unspecified atom stereocenters. The normalized spacial score (nSPS) is 16.1. The standard InChI is InChI=1S/C25H27FN4O2S/c1-17-22(23(31)28-16-19-6-3-2-4-7-19)33-25(29-17)30-13-5-8-21(24(30)32)27-15-20-11-9-18(14-26)10-12-20/h2-4,6-7,9-12,21,27H,5,8,13-16H2,1H3,(H,28,31). The van der Waals surface area contributed by atoms with Crippen LogP contribution in [0.1, 0.15) is 44.9 Å². The Bertz CT molecular complexity index is 1100. The molecule has 2 amide bonds. The van der Waals surface area contributed by atoms with Crippen LogP contribution in [0.5, 0.6) is 0 Å². The summed E-state index contributed by atoms with van der Waals surface area (Å²) in [5, 5.41) is 6.81. The van der Waals surface area contributed by atoms with Crippen molar-refractivity contribution in [2.45, 2.75) is 45.6 Å². The fourth-order valence-electron chi connectivity index (χ4n) is 3.81. The fraction of sp³-hybridized carbons (Fsp3) is 0.320. The van der Waals surface area contributed by atoms with Gasteiger partial charge in [0.25, 0.3) is 5.91 Å². The van der Waals surface area contributed by atoms with Gasteiger partial charge in [-0.1, -0.05) is 65.9 Å². The van der Waals surface area contributed by atoms with E-state index in [0.717, 1.165) is 24.0 Å². The molecule has 0 spiro atoms. The Balaban J connectivity index is 1.38. The molecule has 0 radical (unpaired) electrons. The number of hydrogen-bond acceptors (Lipinski definition) is 5. The number of thiazole rings is 1. The number of amides is 2. The number of carbonyl (C=O) groups excluding carboxylic acids is 2. The Hall–Kier alpha value is -3.10. The fourth-order valence-corrected chi connectivity index (χ4v) is 4.82. The van der Waals surface area contributed by atoms with Gasteiger partial charge < -0.3 is 10.6 Å². The molecule has 0 saturated carbocycles. The zero-order chi connectivity index (χ0) is 23.2. The molecular weight excluding hydrogens is 439 g/mol. The van der Waals surface area contributed by atoms with Gasteiger partial charge in [-0.05, 0) is 36.5 Å². The first kappa shape index (κ1) is 23.1. The molecule has 2 heterocycles. The number of nitrogens with zero attached hydrogens (tertiary/aromatic N) is 2. The Morgan fingerprint density at radius 3 is 2.52 bits per heavy atom. The molecule has 4 rings (SSSR count). The Kier molecular flexibility index (Phi) is 7.47. The van der Waals surface area contributed by atoms with Crippen molar-refractivity contribution in [3.8, 4) is 0 Å². The van der Waals surface area contributed by atoms with Gasteiger partial charge in [-0.15, -0.1) is 0 Å². The maximum atomic E-state index is 13.1. The van der Waals surface area contributed by atoms with Gasteiger partial charge in [-0.25, -0.2) is 9.37 Å². The van der Waals surface area contributed by atoms with Crippen molar-refractivity contribution >= 4 is 28.3 Å². The molecule has 1 fully saturated rings. The number of benzene rings is 2. The first-order valence-corrected chi connectivity index (χ1v) is 11.8. The highest BCUT2D eigenvalue weighted by Gasteiger charge is 2.32. The largest absolute Gasteiger partial charge is 0.347 e. The Labute approximate surface area is 196 Å². The minimum Gasteiger partial charge on any atom is -0.347 e. The van der Waals surface area contributed by atoms with Crippen LogP contribution in [0.3, 0.4) is 0 Å². The Morgan fingerprint density at radius 2 is 1.79 bits per heavy atom. The number of aryl methyl sites for hydroxylation is 1. The zero-order valence-electron chi connectivity index (χ0n) is 18.5. The molecule has 172 valence electrons. The smallest absolute Gasteiger partial charge is 0.263 e. The lowest BCUT2D eigenvalue weighted by atomic mass is 10.0. The second kappa shape index (κ2) is 10.7. The van der Waals surface area contributed by atoms with E-state index in [1.54, 1.807) is 24.0 Å². The number of nitrogens with one attached hydrogen (secondary N) is 2. The molecule has 1 aliphatic rings. The second-order valence-corrected chi connectivity index (χ2v) is 9.07. The van der Waals surface area contributed by atoms with Crippen LogP contribution in [0.25, 0.3) is 0 Å². The molecule has 2 aromatic carbocycles. The summed E-state index contributed by atoms with van der Waals surface area (Å²) >= 11 is 1.25. The maximum Gasteiger partial charge on any atom is 0.263 e. The number of hydrogen-bond donors (Lipinski definition) is 2. The highest BCUT2D eigenvalue weighted by molar-refractivity contribution is 7.17. The number of carbonyl (C=O) groups is 2. The molecule has 33 heavy (non-hydrogen) atoms.